The smallest absolute Gasteiger partial charge is 0.254 e. The maximum atomic E-state index is 13.5. The summed E-state index contributed by atoms with van der Waals surface area (Å²) in [6.07, 6.45) is 2.07. The molecule has 0 spiro atoms. The Morgan fingerprint density at radius 3 is 2.51 bits per heavy atom. The number of rotatable bonds is 7. The van der Waals surface area contributed by atoms with Gasteiger partial charge in [0.1, 0.15) is 0 Å². The summed E-state index contributed by atoms with van der Waals surface area (Å²) >= 11 is 0. The first kappa shape index (κ1) is 27.1. The second-order valence-electron chi connectivity index (χ2n) is 11.5. The van der Waals surface area contributed by atoms with Crippen LogP contribution in [-0.4, -0.2) is 55.7 Å². The SMILES string of the molecule is Cc1ccc2c(C(=O)NCc3c(C)cc(C)[nH]c3=O)c(C)c(C(C)C3CCN(CC(C)(C)O)CC3)n2n1. The van der Waals surface area contributed by atoms with Gasteiger partial charge in [0.25, 0.3) is 11.5 Å². The van der Waals surface area contributed by atoms with Crippen LogP contribution in [0.4, 0.5) is 0 Å². The third-order valence-electron chi connectivity index (χ3n) is 7.74. The molecule has 3 aromatic heterocycles. The summed E-state index contributed by atoms with van der Waals surface area (Å²) in [6, 6.07) is 5.82. The minimum atomic E-state index is -0.696. The quantitative estimate of drug-likeness (QED) is 0.452. The highest BCUT2D eigenvalue weighted by atomic mass is 16.3. The van der Waals surface area contributed by atoms with Crippen molar-refractivity contribution in [3.63, 3.8) is 0 Å². The highest BCUT2D eigenvalue weighted by Gasteiger charge is 2.32. The predicted octanol–water partition coefficient (Wildman–Crippen LogP) is 3.77. The van der Waals surface area contributed by atoms with E-state index in [4.69, 9.17) is 5.10 Å². The van der Waals surface area contributed by atoms with Crippen molar-refractivity contribution in [2.45, 2.75) is 79.4 Å². The van der Waals surface area contributed by atoms with Crippen LogP contribution < -0.4 is 10.9 Å². The number of aromatic nitrogens is 3. The number of aryl methyl sites for hydroxylation is 3. The van der Waals surface area contributed by atoms with E-state index < -0.39 is 5.60 Å². The van der Waals surface area contributed by atoms with Gasteiger partial charge in [-0.1, -0.05) is 6.92 Å². The van der Waals surface area contributed by atoms with Gasteiger partial charge in [-0.15, -0.1) is 0 Å². The lowest BCUT2D eigenvalue weighted by Gasteiger charge is -2.37. The molecule has 1 atom stereocenters. The molecule has 0 radical (unpaired) electrons. The molecule has 1 fully saturated rings. The Kier molecular flexibility index (Phi) is 7.62. The number of fused-ring (bicyclic) bond motifs is 1. The molecule has 0 saturated carbocycles. The van der Waals surface area contributed by atoms with Gasteiger partial charge in [0.2, 0.25) is 0 Å². The Morgan fingerprint density at radius 2 is 1.89 bits per heavy atom. The summed E-state index contributed by atoms with van der Waals surface area (Å²) in [6.45, 7) is 16.4. The van der Waals surface area contributed by atoms with Gasteiger partial charge in [0, 0.05) is 36.0 Å². The third-order valence-corrected chi connectivity index (χ3v) is 7.74. The number of carbonyl (C=O) groups is 1. The molecule has 1 aliphatic rings. The molecule has 1 amide bonds. The van der Waals surface area contributed by atoms with Crippen molar-refractivity contribution < 1.29 is 9.90 Å². The molecule has 200 valence electrons. The van der Waals surface area contributed by atoms with Gasteiger partial charge in [-0.05, 0) is 103 Å². The van der Waals surface area contributed by atoms with Gasteiger partial charge in [0.05, 0.1) is 22.4 Å². The Hall–Kier alpha value is -2.97. The average Bonchev–Trinajstić information content (AvgIpc) is 3.08. The van der Waals surface area contributed by atoms with Gasteiger partial charge in [0.15, 0.2) is 0 Å². The van der Waals surface area contributed by atoms with Crippen molar-refractivity contribution in [3.8, 4) is 0 Å². The zero-order valence-corrected chi connectivity index (χ0v) is 23.2. The number of carbonyl (C=O) groups excluding carboxylic acids is 1. The van der Waals surface area contributed by atoms with Crippen LogP contribution in [0.15, 0.2) is 23.0 Å². The van der Waals surface area contributed by atoms with E-state index in [1.54, 1.807) is 0 Å². The minimum absolute atomic E-state index is 0.168. The van der Waals surface area contributed by atoms with Crippen molar-refractivity contribution >= 4 is 11.4 Å². The van der Waals surface area contributed by atoms with E-state index in [9.17, 15) is 14.7 Å². The Morgan fingerprint density at radius 1 is 1.22 bits per heavy atom. The van der Waals surface area contributed by atoms with E-state index in [0.29, 0.717) is 23.6 Å². The fraction of sp³-hybridized carbons (Fsp3) is 0.552. The minimum Gasteiger partial charge on any atom is -0.389 e. The summed E-state index contributed by atoms with van der Waals surface area (Å²) in [5.41, 5.74) is 5.69. The molecule has 3 aromatic rings. The molecule has 0 aromatic carbocycles. The Balaban J connectivity index is 1.61. The summed E-state index contributed by atoms with van der Waals surface area (Å²) in [4.78, 5) is 31.1. The highest BCUT2D eigenvalue weighted by molar-refractivity contribution is 6.03. The molecule has 0 bridgehead atoms. The number of nitrogens with zero attached hydrogens (tertiary/aromatic N) is 3. The maximum Gasteiger partial charge on any atom is 0.254 e. The van der Waals surface area contributed by atoms with Gasteiger partial charge < -0.3 is 20.3 Å². The standard InChI is InChI=1S/C29H41N5O3/c1-17-14-19(3)31-27(35)23(17)15-30-28(36)25-21(5)26(34-24(25)9-8-18(2)32-34)20(4)22-10-12-33(13-11-22)16-29(6,7)37/h8-9,14,20,22,37H,10-13,15-16H2,1-7H3,(H,30,36)(H,31,35). The zero-order valence-electron chi connectivity index (χ0n) is 23.2. The molecule has 3 N–H and O–H groups in total. The average molecular weight is 508 g/mol. The lowest BCUT2D eigenvalue weighted by atomic mass is 9.82. The van der Waals surface area contributed by atoms with Crippen molar-refractivity contribution in [2.24, 2.45) is 5.92 Å². The summed E-state index contributed by atoms with van der Waals surface area (Å²) in [7, 11) is 0. The molecule has 4 heterocycles. The second kappa shape index (κ2) is 10.4. The van der Waals surface area contributed by atoms with Crippen LogP contribution in [0.3, 0.4) is 0 Å². The lowest BCUT2D eigenvalue weighted by Crippen LogP contribution is -2.43. The Labute approximate surface area is 219 Å². The van der Waals surface area contributed by atoms with Crippen molar-refractivity contribution in [1.29, 1.82) is 0 Å². The van der Waals surface area contributed by atoms with E-state index in [1.165, 1.54) is 0 Å². The summed E-state index contributed by atoms with van der Waals surface area (Å²) in [5.74, 6) is 0.482. The second-order valence-corrected chi connectivity index (χ2v) is 11.5. The number of hydrogen-bond acceptors (Lipinski definition) is 5. The first-order valence-corrected chi connectivity index (χ1v) is 13.3. The van der Waals surface area contributed by atoms with E-state index in [1.807, 2.05) is 64.3 Å². The molecular weight excluding hydrogens is 466 g/mol. The molecule has 1 unspecified atom stereocenters. The number of H-pyrrole nitrogens is 1. The van der Waals surface area contributed by atoms with Crippen LogP contribution in [0.2, 0.25) is 0 Å². The molecule has 8 nitrogen and oxygen atoms in total. The van der Waals surface area contributed by atoms with Crippen LogP contribution in [0.1, 0.15) is 83.7 Å². The number of amides is 1. The number of aliphatic hydroxyl groups is 1. The fourth-order valence-electron chi connectivity index (χ4n) is 5.93. The monoisotopic (exact) mass is 507 g/mol. The van der Waals surface area contributed by atoms with Gasteiger partial charge in [-0.25, -0.2) is 4.52 Å². The lowest BCUT2D eigenvalue weighted by molar-refractivity contribution is 0.0229. The van der Waals surface area contributed by atoms with Crippen molar-refractivity contribution in [1.82, 2.24) is 24.8 Å². The van der Waals surface area contributed by atoms with Crippen LogP contribution in [-0.2, 0) is 6.54 Å². The first-order valence-electron chi connectivity index (χ1n) is 13.3. The molecule has 0 aliphatic carbocycles. The number of nitrogens with one attached hydrogen (secondary N) is 2. The predicted molar refractivity (Wildman–Crippen MR) is 146 cm³/mol. The van der Waals surface area contributed by atoms with Crippen molar-refractivity contribution in [3.05, 3.63) is 67.9 Å². The molecular formula is C29H41N5O3. The molecule has 4 rings (SSSR count). The Bertz CT molecular complexity index is 1360. The van der Waals surface area contributed by atoms with Crippen LogP contribution in [0.25, 0.3) is 5.52 Å². The molecule has 1 aliphatic heterocycles. The molecule has 37 heavy (non-hydrogen) atoms. The van der Waals surface area contributed by atoms with E-state index >= 15 is 0 Å². The maximum absolute atomic E-state index is 13.5. The largest absolute Gasteiger partial charge is 0.389 e. The zero-order chi connectivity index (χ0) is 27.1. The van der Waals surface area contributed by atoms with E-state index in [-0.39, 0.29) is 23.9 Å². The number of β-amino-alcohol motifs (C(OH)–C–C–N with tert-alkyl or cyclic N) is 1. The van der Waals surface area contributed by atoms with Crippen LogP contribution in [0, 0.1) is 33.6 Å². The van der Waals surface area contributed by atoms with Crippen LogP contribution in [0.5, 0.6) is 0 Å². The van der Waals surface area contributed by atoms with Gasteiger partial charge in [-0.2, -0.15) is 5.10 Å². The van der Waals surface area contributed by atoms with Crippen molar-refractivity contribution in [2.75, 3.05) is 19.6 Å². The normalized spacial score (nSPS) is 16.3. The van der Waals surface area contributed by atoms with Gasteiger partial charge in [-0.3, -0.25) is 9.59 Å². The number of hydrogen-bond donors (Lipinski definition) is 3. The number of aromatic amines is 1. The van der Waals surface area contributed by atoms with E-state index in [2.05, 4.69) is 22.1 Å². The molecule has 8 heteroatoms. The fourth-order valence-corrected chi connectivity index (χ4v) is 5.93. The highest BCUT2D eigenvalue weighted by Crippen LogP contribution is 2.37. The first-order chi connectivity index (χ1) is 17.4. The summed E-state index contributed by atoms with van der Waals surface area (Å²) in [5, 5.41) is 18.0. The number of pyridine rings is 1. The summed E-state index contributed by atoms with van der Waals surface area (Å²) < 4.78 is 1.96. The number of piperidine rings is 1. The van der Waals surface area contributed by atoms with E-state index in [0.717, 1.165) is 59.7 Å². The van der Waals surface area contributed by atoms with Gasteiger partial charge >= 0.3 is 0 Å². The third kappa shape index (κ3) is 5.80. The number of likely N-dealkylation sites (tertiary alicyclic amines) is 1. The van der Waals surface area contributed by atoms with Crippen LogP contribution >= 0.6 is 0 Å². The topological polar surface area (TPSA) is 103 Å². The molecule has 1 saturated heterocycles.